The zero-order valence-corrected chi connectivity index (χ0v) is 11.0. The predicted octanol–water partition coefficient (Wildman–Crippen LogP) is 3.40. The van der Waals surface area contributed by atoms with Crippen LogP contribution in [0.25, 0.3) is 0 Å². The zero-order valence-electron chi connectivity index (χ0n) is 10.2. The second-order valence-corrected chi connectivity index (χ2v) is 5.80. The Labute approximate surface area is 103 Å². The first-order valence-corrected chi connectivity index (χ1v) is 7.29. The van der Waals surface area contributed by atoms with Gasteiger partial charge in [0.05, 0.1) is 0 Å². The van der Waals surface area contributed by atoms with Gasteiger partial charge < -0.3 is 5.32 Å². The second-order valence-electron chi connectivity index (χ2n) is 4.57. The van der Waals surface area contributed by atoms with Gasteiger partial charge in [-0.1, -0.05) is 24.3 Å². The molecule has 1 fully saturated rings. The normalized spacial score (nSPS) is 19.6. The minimum Gasteiger partial charge on any atom is -0.313 e. The SMILES string of the molecule is CNC(c1ccccc1C)C1CCSCC1. The van der Waals surface area contributed by atoms with E-state index in [4.69, 9.17) is 0 Å². The number of aryl methyl sites for hydroxylation is 1. The molecule has 1 N–H and O–H groups in total. The van der Waals surface area contributed by atoms with Gasteiger partial charge >= 0.3 is 0 Å². The Balaban J connectivity index is 2.18. The number of nitrogens with one attached hydrogen (secondary N) is 1. The molecule has 0 spiro atoms. The van der Waals surface area contributed by atoms with E-state index in [-0.39, 0.29) is 0 Å². The van der Waals surface area contributed by atoms with E-state index < -0.39 is 0 Å². The maximum Gasteiger partial charge on any atom is 0.0349 e. The number of rotatable bonds is 3. The second kappa shape index (κ2) is 5.74. The van der Waals surface area contributed by atoms with Crippen LogP contribution in [0.4, 0.5) is 0 Å². The van der Waals surface area contributed by atoms with Crippen LogP contribution in [0.1, 0.15) is 30.0 Å². The monoisotopic (exact) mass is 235 g/mol. The molecule has 0 saturated carbocycles. The lowest BCUT2D eigenvalue weighted by Crippen LogP contribution is -2.28. The Kier molecular flexibility index (Phi) is 4.30. The van der Waals surface area contributed by atoms with Crippen molar-refractivity contribution in [3.63, 3.8) is 0 Å². The third-order valence-electron chi connectivity index (χ3n) is 3.57. The summed E-state index contributed by atoms with van der Waals surface area (Å²) in [4.78, 5) is 0. The van der Waals surface area contributed by atoms with Crippen LogP contribution in [0.5, 0.6) is 0 Å². The summed E-state index contributed by atoms with van der Waals surface area (Å²) in [5.41, 5.74) is 2.90. The Hall–Kier alpha value is -0.470. The number of hydrogen-bond donors (Lipinski definition) is 1. The number of thioether (sulfide) groups is 1. The average Bonchev–Trinajstić information content (AvgIpc) is 2.34. The topological polar surface area (TPSA) is 12.0 Å². The summed E-state index contributed by atoms with van der Waals surface area (Å²) >= 11 is 2.10. The summed E-state index contributed by atoms with van der Waals surface area (Å²) in [5, 5.41) is 3.52. The van der Waals surface area contributed by atoms with E-state index in [1.165, 1.54) is 35.5 Å². The van der Waals surface area contributed by atoms with Crippen LogP contribution in [0.15, 0.2) is 24.3 Å². The molecule has 1 saturated heterocycles. The Morgan fingerprint density at radius 3 is 2.56 bits per heavy atom. The first-order valence-electron chi connectivity index (χ1n) is 6.13. The molecule has 2 rings (SSSR count). The van der Waals surface area contributed by atoms with Gasteiger partial charge in [-0.3, -0.25) is 0 Å². The van der Waals surface area contributed by atoms with Crippen molar-refractivity contribution in [3.05, 3.63) is 35.4 Å². The molecule has 1 nitrogen and oxygen atoms in total. The van der Waals surface area contributed by atoms with E-state index in [1.807, 2.05) is 0 Å². The van der Waals surface area contributed by atoms with Gasteiger partial charge in [0.2, 0.25) is 0 Å². The Morgan fingerprint density at radius 1 is 1.25 bits per heavy atom. The first-order chi connectivity index (χ1) is 7.83. The third kappa shape index (κ3) is 2.61. The van der Waals surface area contributed by atoms with Gasteiger partial charge in [0.1, 0.15) is 0 Å². The summed E-state index contributed by atoms with van der Waals surface area (Å²) in [6.07, 6.45) is 2.70. The minimum absolute atomic E-state index is 0.544. The fourth-order valence-electron chi connectivity index (χ4n) is 2.63. The van der Waals surface area contributed by atoms with Crippen molar-refractivity contribution in [3.8, 4) is 0 Å². The van der Waals surface area contributed by atoms with E-state index >= 15 is 0 Å². The lowest BCUT2D eigenvalue weighted by atomic mass is 9.86. The highest BCUT2D eigenvalue weighted by molar-refractivity contribution is 7.99. The van der Waals surface area contributed by atoms with E-state index in [0.717, 1.165) is 5.92 Å². The Morgan fingerprint density at radius 2 is 1.94 bits per heavy atom. The maximum absolute atomic E-state index is 3.52. The highest BCUT2D eigenvalue weighted by Crippen LogP contribution is 2.34. The van der Waals surface area contributed by atoms with E-state index in [2.05, 4.69) is 55.3 Å². The zero-order chi connectivity index (χ0) is 11.4. The molecule has 1 aliphatic rings. The summed E-state index contributed by atoms with van der Waals surface area (Å²) in [7, 11) is 2.10. The van der Waals surface area contributed by atoms with Crippen LogP contribution in [0, 0.1) is 12.8 Å². The summed E-state index contributed by atoms with van der Waals surface area (Å²) in [6, 6.07) is 9.32. The average molecular weight is 235 g/mol. The molecule has 88 valence electrons. The molecule has 0 aliphatic carbocycles. The first kappa shape index (κ1) is 12.0. The smallest absolute Gasteiger partial charge is 0.0349 e. The van der Waals surface area contributed by atoms with Crippen LogP contribution < -0.4 is 5.32 Å². The number of hydrogen-bond acceptors (Lipinski definition) is 2. The van der Waals surface area contributed by atoms with Gasteiger partial charge in [-0.15, -0.1) is 0 Å². The van der Waals surface area contributed by atoms with Crippen molar-refractivity contribution in [2.75, 3.05) is 18.6 Å². The molecule has 0 amide bonds. The van der Waals surface area contributed by atoms with Crippen molar-refractivity contribution >= 4 is 11.8 Å². The number of benzene rings is 1. The van der Waals surface area contributed by atoms with Crippen molar-refractivity contribution in [2.24, 2.45) is 5.92 Å². The maximum atomic E-state index is 3.52. The molecule has 0 radical (unpaired) electrons. The van der Waals surface area contributed by atoms with Crippen molar-refractivity contribution in [1.29, 1.82) is 0 Å². The Bertz CT molecular complexity index is 331. The van der Waals surface area contributed by atoms with E-state index in [0.29, 0.717) is 6.04 Å². The molecule has 1 aromatic rings. The fraction of sp³-hybridized carbons (Fsp3) is 0.571. The van der Waals surface area contributed by atoms with Gasteiger partial charge in [-0.05, 0) is 55.4 Å². The van der Waals surface area contributed by atoms with Crippen molar-refractivity contribution in [1.82, 2.24) is 5.32 Å². The van der Waals surface area contributed by atoms with Gasteiger partial charge in [0.25, 0.3) is 0 Å². The van der Waals surface area contributed by atoms with Crippen LogP contribution in [-0.2, 0) is 0 Å². The quantitative estimate of drug-likeness (QED) is 0.862. The largest absolute Gasteiger partial charge is 0.313 e. The standard InChI is InChI=1S/C14H21NS/c1-11-5-3-4-6-13(11)14(15-2)12-7-9-16-10-8-12/h3-6,12,14-15H,7-10H2,1-2H3. The van der Waals surface area contributed by atoms with Gasteiger partial charge in [-0.2, -0.15) is 11.8 Å². The molecule has 1 aliphatic heterocycles. The highest BCUT2D eigenvalue weighted by atomic mass is 32.2. The van der Waals surface area contributed by atoms with Crippen LogP contribution >= 0.6 is 11.8 Å². The van der Waals surface area contributed by atoms with Gasteiger partial charge in [0, 0.05) is 6.04 Å². The van der Waals surface area contributed by atoms with Gasteiger partial charge in [0.15, 0.2) is 0 Å². The van der Waals surface area contributed by atoms with Gasteiger partial charge in [-0.25, -0.2) is 0 Å². The third-order valence-corrected chi connectivity index (χ3v) is 4.62. The highest BCUT2D eigenvalue weighted by Gasteiger charge is 2.24. The minimum atomic E-state index is 0.544. The summed E-state index contributed by atoms with van der Waals surface area (Å²) in [5.74, 6) is 3.47. The van der Waals surface area contributed by atoms with Crippen molar-refractivity contribution < 1.29 is 0 Å². The molecule has 0 bridgehead atoms. The molecule has 1 unspecified atom stereocenters. The molecular formula is C14H21NS. The molecule has 1 atom stereocenters. The summed E-state index contributed by atoms with van der Waals surface area (Å²) < 4.78 is 0. The molecule has 0 aromatic heterocycles. The van der Waals surface area contributed by atoms with Crippen LogP contribution in [0.3, 0.4) is 0 Å². The molecule has 2 heteroatoms. The van der Waals surface area contributed by atoms with Crippen LogP contribution in [-0.4, -0.2) is 18.6 Å². The molecule has 16 heavy (non-hydrogen) atoms. The van der Waals surface area contributed by atoms with E-state index in [9.17, 15) is 0 Å². The molecule has 1 heterocycles. The lowest BCUT2D eigenvalue weighted by Gasteiger charge is -2.31. The fourth-order valence-corrected chi connectivity index (χ4v) is 3.77. The molecular weight excluding hydrogens is 214 g/mol. The summed E-state index contributed by atoms with van der Waals surface area (Å²) in [6.45, 7) is 2.22. The van der Waals surface area contributed by atoms with E-state index in [1.54, 1.807) is 0 Å². The lowest BCUT2D eigenvalue weighted by molar-refractivity contribution is 0.357. The van der Waals surface area contributed by atoms with Crippen LogP contribution in [0.2, 0.25) is 0 Å². The predicted molar refractivity (Wildman–Crippen MR) is 73.0 cm³/mol. The van der Waals surface area contributed by atoms with Crippen molar-refractivity contribution in [2.45, 2.75) is 25.8 Å². The molecule has 1 aromatic carbocycles.